The summed E-state index contributed by atoms with van der Waals surface area (Å²) in [6.07, 6.45) is 79.1. The Kier molecular flexibility index (Phi) is 55.9. The van der Waals surface area contributed by atoms with Gasteiger partial charge in [0.15, 0.2) is 6.10 Å². The number of hydrogen-bond donors (Lipinski definition) is 0. The van der Waals surface area contributed by atoms with E-state index in [4.69, 9.17) is 14.2 Å². The number of ether oxygens (including phenoxy) is 3. The second-order valence-corrected chi connectivity index (χ2v) is 19.5. The van der Waals surface area contributed by atoms with Crippen molar-refractivity contribution in [3.05, 3.63) is 97.2 Å². The number of unbranched alkanes of at least 4 members (excludes halogenated alkanes) is 26. The van der Waals surface area contributed by atoms with Crippen molar-refractivity contribution in [2.24, 2.45) is 0 Å². The summed E-state index contributed by atoms with van der Waals surface area (Å²) in [5, 5.41) is 0. The molecule has 1 unspecified atom stereocenters. The summed E-state index contributed by atoms with van der Waals surface area (Å²) in [5.74, 6) is -1.00. The molecule has 0 aromatic carbocycles. The minimum atomic E-state index is -0.814. The van der Waals surface area contributed by atoms with Crippen molar-refractivity contribution in [2.75, 3.05) is 13.2 Å². The topological polar surface area (TPSA) is 78.9 Å². The Labute approximate surface area is 438 Å². The van der Waals surface area contributed by atoms with Crippen molar-refractivity contribution >= 4 is 17.9 Å². The molecule has 0 radical (unpaired) electrons. The summed E-state index contributed by atoms with van der Waals surface area (Å²) in [7, 11) is 0. The molecule has 0 bridgehead atoms. The van der Waals surface area contributed by atoms with Crippen molar-refractivity contribution in [1.29, 1.82) is 0 Å². The predicted molar refractivity (Wildman–Crippen MR) is 307 cm³/mol. The van der Waals surface area contributed by atoms with E-state index < -0.39 is 12.1 Å². The van der Waals surface area contributed by atoms with Gasteiger partial charge in [0.05, 0.1) is 0 Å². The maximum Gasteiger partial charge on any atom is 0.306 e. The third kappa shape index (κ3) is 57.1. The largest absolute Gasteiger partial charge is 0.462 e. The molecule has 0 saturated heterocycles. The van der Waals surface area contributed by atoms with E-state index in [1.54, 1.807) is 0 Å². The second kappa shape index (κ2) is 58.9. The van der Waals surface area contributed by atoms with Gasteiger partial charge in [-0.25, -0.2) is 0 Å². The summed E-state index contributed by atoms with van der Waals surface area (Å²) < 4.78 is 16.6. The Morgan fingerprint density at radius 2 is 0.577 bits per heavy atom. The van der Waals surface area contributed by atoms with Crippen molar-refractivity contribution < 1.29 is 28.6 Å². The van der Waals surface area contributed by atoms with Crippen LogP contribution in [0.15, 0.2) is 97.2 Å². The molecular weight excluding hydrogens is 877 g/mol. The number of esters is 3. The summed E-state index contributed by atoms with van der Waals surface area (Å²) in [6, 6.07) is 0. The van der Waals surface area contributed by atoms with Crippen LogP contribution in [0.4, 0.5) is 0 Å². The van der Waals surface area contributed by atoms with Gasteiger partial charge in [0.2, 0.25) is 0 Å². The van der Waals surface area contributed by atoms with Crippen LogP contribution >= 0.6 is 0 Å². The molecule has 6 nitrogen and oxygen atoms in total. The zero-order valence-corrected chi connectivity index (χ0v) is 46.5. The quantitative estimate of drug-likeness (QED) is 0.0261. The number of carbonyl (C=O) groups is 3. The van der Waals surface area contributed by atoms with Gasteiger partial charge in [0.25, 0.3) is 0 Å². The predicted octanol–water partition coefficient (Wildman–Crippen LogP) is 20.1. The Balaban J connectivity index is 4.10. The van der Waals surface area contributed by atoms with Crippen LogP contribution in [-0.2, 0) is 28.6 Å². The molecule has 0 aliphatic rings. The van der Waals surface area contributed by atoms with E-state index in [-0.39, 0.29) is 31.6 Å². The van der Waals surface area contributed by atoms with Gasteiger partial charge in [-0.15, -0.1) is 0 Å². The maximum atomic E-state index is 12.7. The number of rotatable bonds is 53. The van der Waals surface area contributed by atoms with Crippen LogP contribution in [0.3, 0.4) is 0 Å². The molecule has 0 aromatic rings. The summed E-state index contributed by atoms with van der Waals surface area (Å²) >= 11 is 0. The van der Waals surface area contributed by atoms with Gasteiger partial charge in [-0.2, -0.15) is 0 Å². The van der Waals surface area contributed by atoms with Crippen LogP contribution < -0.4 is 0 Å². The third-order valence-electron chi connectivity index (χ3n) is 12.6. The molecule has 0 rings (SSSR count). The molecule has 0 aliphatic carbocycles. The molecule has 0 saturated carbocycles. The van der Waals surface area contributed by atoms with Crippen LogP contribution in [0.25, 0.3) is 0 Å². The van der Waals surface area contributed by atoms with Gasteiger partial charge in [-0.1, -0.05) is 266 Å². The van der Waals surface area contributed by atoms with E-state index >= 15 is 0 Å². The average Bonchev–Trinajstić information content (AvgIpc) is 3.37. The monoisotopic (exact) mass is 987 g/mol. The maximum absolute atomic E-state index is 12.7. The smallest absolute Gasteiger partial charge is 0.306 e. The fraction of sp³-hybridized carbons (Fsp3) is 0.708. The van der Waals surface area contributed by atoms with Crippen LogP contribution in [0.2, 0.25) is 0 Å². The normalized spacial score (nSPS) is 12.8. The first-order chi connectivity index (χ1) is 35.0. The van der Waals surface area contributed by atoms with Gasteiger partial charge < -0.3 is 14.2 Å². The highest BCUT2D eigenvalue weighted by molar-refractivity contribution is 5.71. The summed E-state index contributed by atoms with van der Waals surface area (Å²) in [5.41, 5.74) is 0. The van der Waals surface area contributed by atoms with Gasteiger partial charge >= 0.3 is 17.9 Å². The minimum absolute atomic E-state index is 0.107. The summed E-state index contributed by atoms with van der Waals surface area (Å²) in [4.78, 5) is 37.8. The van der Waals surface area contributed by atoms with E-state index in [9.17, 15) is 14.4 Å². The van der Waals surface area contributed by atoms with Crippen LogP contribution in [-0.4, -0.2) is 37.2 Å². The van der Waals surface area contributed by atoms with Gasteiger partial charge in [0.1, 0.15) is 13.2 Å². The fourth-order valence-corrected chi connectivity index (χ4v) is 8.15. The van der Waals surface area contributed by atoms with Crippen molar-refractivity contribution in [3.63, 3.8) is 0 Å². The molecule has 0 N–H and O–H groups in total. The van der Waals surface area contributed by atoms with E-state index in [0.717, 1.165) is 96.3 Å². The lowest BCUT2D eigenvalue weighted by molar-refractivity contribution is -0.166. The van der Waals surface area contributed by atoms with Gasteiger partial charge in [-0.05, 0) is 89.9 Å². The molecule has 0 heterocycles. The van der Waals surface area contributed by atoms with E-state index in [1.807, 2.05) is 12.2 Å². The number of hydrogen-bond acceptors (Lipinski definition) is 6. The second-order valence-electron chi connectivity index (χ2n) is 19.5. The molecule has 0 amide bonds. The van der Waals surface area contributed by atoms with E-state index in [1.165, 1.54) is 135 Å². The Morgan fingerprint density at radius 3 is 0.915 bits per heavy atom. The molecule has 71 heavy (non-hydrogen) atoms. The lowest BCUT2D eigenvalue weighted by atomic mass is 10.0. The Morgan fingerprint density at radius 1 is 0.296 bits per heavy atom. The number of allylic oxidation sites excluding steroid dienone is 16. The van der Waals surface area contributed by atoms with Crippen molar-refractivity contribution in [3.8, 4) is 0 Å². The number of carbonyl (C=O) groups excluding carboxylic acids is 3. The first kappa shape index (κ1) is 67.3. The van der Waals surface area contributed by atoms with Crippen molar-refractivity contribution in [1.82, 2.24) is 0 Å². The van der Waals surface area contributed by atoms with E-state index in [2.05, 4.69) is 106 Å². The molecule has 1 atom stereocenters. The van der Waals surface area contributed by atoms with Gasteiger partial charge in [-0.3, -0.25) is 14.4 Å². The molecule has 0 aromatic heterocycles. The van der Waals surface area contributed by atoms with Gasteiger partial charge in [0, 0.05) is 19.3 Å². The minimum Gasteiger partial charge on any atom is -0.462 e. The first-order valence-corrected chi connectivity index (χ1v) is 29.7. The highest BCUT2D eigenvalue weighted by Gasteiger charge is 2.19. The average molecular weight is 988 g/mol. The zero-order valence-electron chi connectivity index (χ0n) is 46.5. The molecule has 406 valence electrons. The lowest BCUT2D eigenvalue weighted by Crippen LogP contribution is -2.30. The Hall–Kier alpha value is -3.67. The van der Waals surface area contributed by atoms with E-state index in [0.29, 0.717) is 19.3 Å². The Bertz CT molecular complexity index is 1410. The molecule has 6 heteroatoms. The van der Waals surface area contributed by atoms with Crippen LogP contribution in [0.5, 0.6) is 0 Å². The zero-order chi connectivity index (χ0) is 51.4. The molecule has 0 spiro atoms. The third-order valence-corrected chi connectivity index (χ3v) is 12.6. The lowest BCUT2D eigenvalue weighted by Gasteiger charge is -2.18. The molecular formula is C65H110O6. The van der Waals surface area contributed by atoms with Crippen LogP contribution in [0, 0.1) is 0 Å². The standard InChI is InChI=1S/C65H110O6/c1-4-7-10-13-15-17-19-21-23-25-27-28-29-30-31-32-33-34-35-36-38-39-41-43-45-47-49-52-55-58-64(67)70-61-62(60-69-63(66)57-54-51-12-9-6-3)71-65(68)59-56-53-50-48-46-44-42-40-37-26-24-22-20-18-16-14-11-8-5-2/h8,11,16,18-19,21-22,24-25,27,37,40,44,46,50,53,62H,4-7,9-10,12-15,17,20,23,26,28-36,38-39,41-43,45,47-49,51-52,54-61H2,1-3H3/b11-8-,18-16-,21-19-,24-22-,27-25-,40-37-,46-44-,53-50-. The SMILES string of the molecule is CC/C=C\C/C=C\C/C=C\C/C=C\C/C=C\C/C=C\CCC(=O)OC(COC(=O)CCCCCCC)COC(=O)CCCCCCCCCCCCCCCCCCC/C=C\C/C=C\CCCCCCC. The van der Waals surface area contributed by atoms with Crippen molar-refractivity contribution in [2.45, 2.75) is 284 Å². The van der Waals surface area contributed by atoms with Crippen LogP contribution in [0.1, 0.15) is 278 Å². The highest BCUT2D eigenvalue weighted by Crippen LogP contribution is 2.16. The highest BCUT2D eigenvalue weighted by atomic mass is 16.6. The fourth-order valence-electron chi connectivity index (χ4n) is 8.15. The summed E-state index contributed by atoms with van der Waals surface area (Å²) in [6.45, 7) is 6.38. The molecule has 0 aliphatic heterocycles. The first-order valence-electron chi connectivity index (χ1n) is 29.7. The molecule has 0 fully saturated rings.